The summed E-state index contributed by atoms with van der Waals surface area (Å²) in [4.78, 5) is 18.6. The molecular formula is C17H37N3O. The summed E-state index contributed by atoms with van der Waals surface area (Å²) in [5, 5.41) is 0. The molecule has 0 radical (unpaired) electrons. The summed E-state index contributed by atoms with van der Waals surface area (Å²) >= 11 is 0. The van der Waals surface area contributed by atoms with Crippen molar-refractivity contribution in [3.8, 4) is 0 Å². The van der Waals surface area contributed by atoms with Crippen LogP contribution in [0.15, 0.2) is 0 Å². The van der Waals surface area contributed by atoms with Gasteiger partial charge in [0, 0.05) is 38.6 Å². The summed E-state index contributed by atoms with van der Waals surface area (Å²) in [5.41, 5.74) is 0. The molecule has 2 rings (SSSR count). The second kappa shape index (κ2) is 12.0. The van der Waals surface area contributed by atoms with Crippen molar-refractivity contribution in [2.24, 2.45) is 0 Å². The summed E-state index contributed by atoms with van der Waals surface area (Å²) < 4.78 is 0. The number of piperazine rings is 1. The maximum atomic E-state index is 11.6. The van der Waals surface area contributed by atoms with Crippen LogP contribution in [0.5, 0.6) is 0 Å². The molecule has 0 aromatic carbocycles. The predicted molar refractivity (Wildman–Crippen MR) is 91.7 cm³/mol. The summed E-state index contributed by atoms with van der Waals surface area (Å²) in [7, 11) is 2.20. The van der Waals surface area contributed by atoms with Crippen molar-refractivity contribution >= 4 is 5.91 Å². The monoisotopic (exact) mass is 299 g/mol. The highest BCUT2D eigenvalue weighted by Crippen LogP contribution is 2.17. The Kier molecular flexibility index (Phi) is 11.6. The third kappa shape index (κ3) is 6.79. The molecule has 1 amide bonds. The van der Waals surface area contributed by atoms with E-state index in [1.54, 1.807) is 0 Å². The normalized spacial score (nSPS) is 21.0. The summed E-state index contributed by atoms with van der Waals surface area (Å²) in [6.07, 6.45) is 3.23. The first-order valence-electron chi connectivity index (χ1n) is 8.91. The molecule has 21 heavy (non-hydrogen) atoms. The standard InChI is InChI=1S/C13H25N3O.2C2H6/c1-3-13(17)16-10-8-15(9-11-16)12-4-6-14(2)7-5-12;2*1-2/h12H,3-11H2,1-2H3;2*1-2H3. The molecule has 0 bridgehead atoms. The van der Waals surface area contributed by atoms with E-state index in [4.69, 9.17) is 0 Å². The first-order valence-corrected chi connectivity index (χ1v) is 8.91. The molecule has 2 saturated heterocycles. The van der Waals surface area contributed by atoms with Gasteiger partial charge in [0.05, 0.1) is 0 Å². The second-order valence-electron chi connectivity index (χ2n) is 5.30. The van der Waals surface area contributed by atoms with Crippen LogP contribution in [-0.4, -0.2) is 73.0 Å². The molecule has 4 nitrogen and oxygen atoms in total. The van der Waals surface area contributed by atoms with Crippen molar-refractivity contribution in [1.82, 2.24) is 14.7 Å². The number of hydrogen-bond donors (Lipinski definition) is 0. The number of carbonyl (C=O) groups is 1. The van der Waals surface area contributed by atoms with Crippen molar-refractivity contribution in [2.45, 2.75) is 59.9 Å². The third-order valence-electron chi connectivity index (χ3n) is 4.17. The minimum atomic E-state index is 0.313. The molecule has 0 atom stereocenters. The maximum Gasteiger partial charge on any atom is 0.222 e. The first kappa shape index (κ1) is 20.4. The van der Waals surface area contributed by atoms with Crippen LogP contribution in [0.25, 0.3) is 0 Å². The van der Waals surface area contributed by atoms with Gasteiger partial charge in [0.2, 0.25) is 5.91 Å². The molecule has 2 heterocycles. The molecule has 0 aliphatic carbocycles. The Hall–Kier alpha value is -0.610. The van der Waals surface area contributed by atoms with Gasteiger partial charge in [0.1, 0.15) is 0 Å². The highest BCUT2D eigenvalue weighted by Gasteiger charge is 2.27. The summed E-state index contributed by atoms with van der Waals surface area (Å²) in [6.45, 7) is 16.4. The molecule has 2 aliphatic heterocycles. The number of nitrogens with zero attached hydrogens (tertiary/aromatic N) is 3. The zero-order chi connectivity index (χ0) is 16.3. The molecule has 4 heteroatoms. The number of amides is 1. The van der Waals surface area contributed by atoms with E-state index >= 15 is 0 Å². The van der Waals surface area contributed by atoms with Gasteiger partial charge < -0.3 is 9.80 Å². The largest absolute Gasteiger partial charge is 0.340 e. The van der Waals surface area contributed by atoms with Crippen LogP contribution in [0.3, 0.4) is 0 Å². The number of hydrogen-bond acceptors (Lipinski definition) is 3. The van der Waals surface area contributed by atoms with E-state index in [0.717, 1.165) is 32.2 Å². The highest BCUT2D eigenvalue weighted by molar-refractivity contribution is 5.75. The Morgan fingerprint density at radius 3 is 1.81 bits per heavy atom. The van der Waals surface area contributed by atoms with E-state index in [1.807, 2.05) is 39.5 Å². The van der Waals surface area contributed by atoms with Crippen LogP contribution >= 0.6 is 0 Å². The van der Waals surface area contributed by atoms with Crippen molar-refractivity contribution in [3.63, 3.8) is 0 Å². The van der Waals surface area contributed by atoms with Gasteiger partial charge in [-0.25, -0.2) is 0 Å². The topological polar surface area (TPSA) is 26.8 Å². The molecule has 0 unspecified atom stereocenters. The molecule has 2 aliphatic rings. The highest BCUT2D eigenvalue weighted by atomic mass is 16.2. The van der Waals surface area contributed by atoms with Gasteiger partial charge in [-0.1, -0.05) is 34.6 Å². The van der Waals surface area contributed by atoms with Crippen LogP contribution in [0.4, 0.5) is 0 Å². The quantitative estimate of drug-likeness (QED) is 0.784. The molecule has 0 spiro atoms. The van der Waals surface area contributed by atoms with Crippen LogP contribution < -0.4 is 0 Å². The summed E-state index contributed by atoms with van der Waals surface area (Å²) in [6, 6.07) is 0.755. The Bertz CT molecular complexity index is 255. The van der Waals surface area contributed by atoms with Gasteiger partial charge in [0.25, 0.3) is 0 Å². The van der Waals surface area contributed by atoms with E-state index < -0.39 is 0 Å². The second-order valence-corrected chi connectivity index (χ2v) is 5.30. The van der Waals surface area contributed by atoms with Gasteiger partial charge >= 0.3 is 0 Å². The molecule has 0 aromatic heterocycles. The SMILES string of the molecule is CC.CC.CCC(=O)N1CCN(C2CCN(C)CC2)CC1. The Labute approximate surface area is 132 Å². The Balaban J connectivity index is 0.000000921. The molecule has 0 saturated carbocycles. The molecule has 2 fully saturated rings. The Morgan fingerprint density at radius 1 is 0.905 bits per heavy atom. The fourth-order valence-corrected chi connectivity index (χ4v) is 2.92. The lowest BCUT2D eigenvalue weighted by Gasteiger charge is -2.42. The zero-order valence-electron chi connectivity index (χ0n) is 15.2. The van der Waals surface area contributed by atoms with E-state index in [1.165, 1.54) is 25.9 Å². The number of likely N-dealkylation sites (tertiary alicyclic amines) is 1. The number of piperidine rings is 1. The molecule has 0 N–H and O–H groups in total. The lowest BCUT2D eigenvalue weighted by Crippen LogP contribution is -2.53. The maximum absolute atomic E-state index is 11.6. The minimum absolute atomic E-state index is 0.313. The fourth-order valence-electron chi connectivity index (χ4n) is 2.92. The predicted octanol–water partition coefficient (Wildman–Crippen LogP) is 2.69. The lowest BCUT2D eigenvalue weighted by molar-refractivity contribution is -0.133. The Morgan fingerprint density at radius 2 is 1.38 bits per heavy atom. The van der Waals surface area contributed by atoms with Crippen molar-refractivity contribution in [2.75, 3.05) is 46.3 Å². The van der Waals surface area contributed by atoms with Gasteiger partial charge in [-0.2, -0.15) is 0 Å². The average molecular weight is 300 g/mol. The molecule has 126 valence electrons. The summed E-state index contributed by atoms with van der Waals surface area (Å²) in [5.74, 6) is 0.313. The number of rotatable bonds is 2. The average Bonchev–Trinajstić information content (AvgIpc) is 2.58. The van der Waals surface area contributed by atoms with Gasteiger partial charge in [-0.05, 0) is 33.0 Å². The minimum Gasteiger partial charge on any atom is -0.340 e. The van der Waals surface area contributed by atoms with Crippen LogP contribution in [0.1, 0.15) is 53.9 Å². The fraction of sp³-hybridized carbons (Fsp3) is 0.941. The van der Waals surface area contributed by atoms with E-state index in [2.05, 4.69) is 16.8 Å². The van der Waals surface area contributed by atoms with Crippen LogP contribution in [-0.2, 0) is 4.79 Å². The van der Waals surface area contributed by atoms with Crippen LogP contribution in [0.2, 0.25) is 0 Å². The van der Waals surface area contributed by atoms with Crippen molar-refractivity contribution < 1.29 is 4.79 Å². The number of carbonyl (C=O) groups excluding carboxylic acids is 1. The first-order chi connectivity index (χ1) is 10.2. The van der Waals surface area contributed by atoms with Crippen molar-refractivity contribution in [3.05, 3.63) is 0 Å². The van der Waals surface area contributed by atoms with Gasteiger partial charge in [0.15, 0.2) is 0 Å². The van der Waals surface area contributed by atoms with Crippen LogP contribution in [0, 0.1) is 0 Å². The van der Waals surface area contributed by atoms with Gasteiger partial charge in [-0.15, -0.1) is 0 Å². The zero-order valence-corrected chi connectivity index (χ0v) is 15.2. The lowest BCUT2D eigenvalue weighted by atomic mass is 10.0. The smallest absolute Gasteiger partial charge is 0.222 e. The van der Waals surface area contributed by atoms with E-state index in [9.17, 15) is 4.79 Å². The van der Waals surface area contributed by atoms with Crippen molar-refractivity contribution in [1.29, 1.82) is 0 Å². The molecule has 0 aromatic rings. The van der Waals surface area contributed by atoms with E-state index in [0.29, 0.717) is 12.3 Å². The van der Waals surface area contributed by atoms with Gasteiger partial charge in [-0.3, -0.25) is 9.69 Å². The molecular weight excluding hydrogens is 262 g/mol. The third-order valence-corrected chi connectivity index (χ3v) is 4.17. The van der Waals surface area contributed by atoms with E-state index in [-0.39, 0.29) is 0 Å².